The summed E-state index contributed by atoms with van der Waals surface area (Å²) in [4.78, 5) is 18.9. The molecule has 1 aliphatic heterocycles. The van der Waals surface area contributed by atoms with Gasteiger partial charge in [-0.3, -0.25) is 14.4 Å². The summed E-state index contributed by atoms with van der Waals surface area (Å²) in [5.74, 6) is 0.146. The van der Waals surface area contributed by atoms with Crippen molar-refractivity contribution < 1.29 is 4.79 Å². The van der Waals surface area contributed by atoms with E-state index in [2.05, 4.69) is 41.1 Å². The third-order valence-electron chi connectivity index (χ3n) is 5.82. The second kappa shape index (κ2) is 7.53. The maximum absolute atomic E-state index is 13.0. The Kier molecular flexibility index (Phi) is 5.14. The Labute approximate surface area is 159 Å². The van der Waals surface area contributed by atoms with E-state index < -0.39 is 0 Å². The van der Waals surface area contributed by atoms with Crippen LogP contribution in [0.5, 0.6) is 0 Å². The van der Waals surface area contributed by atoms with Crippen molar-refractivity contribution in [2.24, 2.45) is 0 Å². The zero-order valence-corrected chi connectivity index (χ0v) is 16.6. The van der Waals surface area contributed by atoms with Crippen LogP contribution in [0.4, 0.5) is 0 Å². The molecule has 0 spiro atoms. The van der Waals surface area contributed by atoms with Crippen LogP contribution >= 0.6 is 11.3 Å². The second-order valence-corrected chi connectivity index (χ2v) is 8.51. The maximum Gasteiger partial charge on any atom is 0.274 e. The topological polar surface area (TPSA) is 41.4 Å². The molecule has 1 atom stereocenters. The van der Waals surface area contributed by atoms with E-state index in [9.17, 15) is 4.79 Å². The van der Waals surface area contributed by atoms with Gasteiger partial charge in [0.1, 0.15) is 0 Å². The first-order chi connectivity index (χ1) is 12.7. The summed E-state index contributed by atoms with van der Waals surface area (Å²) in [7, 11) is 2.21. The summed E-state index contributed by atoms with van der Waals surface area (Å²) in [5.41, 5.74) is 3.21. The summed E-state index contributed by atoms with van der Waals surface area (Å²) >= 11 is 1.81. The largest absolute Gasteiger partial charge is 0.337 e. The molecule has 2 aromatic heterocycles. The van der Waals surface area contributed by atoms with Crippen LogP contribution in [0, 0.1) is 0 Å². The molecule has 2 aliphatic rings. The predicted molar refractivity (Wildman–Crippen MR) is 105 cm³/mol. The fraction of sp³-hybridized carbons (Fsp3) is 0.600. The van der Waals surface area contributed by atoms with Gasteiger partial charge in [0.15, 0.2) is 5.69 Å². The molecular formula is C20H28N4OS. The van der Waals surface area contributed by atoms with Gasteiger partial charge >= 0.3 is 0 Å². The Morgan fingerprint density at radius 1 is 1.38 bits per heavy atom. The molecule has 6 heteroatoms. The molecular weight excluding hydrogens is 344 g/mol. The quantitative estimate of drug-likeness (QED) is 0.809. The average molecular weight is 373 g/mol. The highest BCUT2D eigenvalue weighted by atomic mass is 32.1. The number of thiophene rings is 1. The lowest BCUT2D eigenvalue weighted by molar-refractivity contribution is 0.0784. The number of hydrogen-bond acceptors (Lipinski definition) is 4. The van der Waals surface area contributed by atoms with Gasteiger partial charge < -0.3 is 4.90 Å². The Hall–Kier alpha value is -1.66. The molecule has 1 amide bonds. The minimum absolute atomic E-state index is 0.146. The molecule has 0 saturated carbocycles. The molecule has 0 bridgehead atoms. The first kappa shape index (κ1) is 17.7. The van der Waals surface area contributed by atoms with E-state index in [0.717, 1.165) is 64.0 Å². The van der Waals surface area contributed by atoms with E-state index in [0.29, 0.717) is 6.04 Å². The molecule has 1 saturated heterocycles. The number of aryl methyl sites for hydroxylation is 1. The van der Waals surface area contributed by atoms with E-state index >= 15 is 0 Å². The molecule has 1 fully saturated rings. The molecule has 1 aliphatic carbocycles. The maximum atomic E-state index is 13.0. The smallest absolute Gasteiger partial charge is 0.274 e. The minimum atomic E-state index is 0.146. The second-order valence-electron chi connectivity index (χ2n) is 7.48. The molecule has 1 unspecified atom stereocenters. The summed E-state index contributed by atoms with van der Waals surface area (Å²) in [6, 6.07) is 4.79. The van der Waals surface area contributed by atoms with Crippen molar-refractivity contribution in [3.63, 3.8) is 0 Å². The number of hydrogen-bond donors (Lipinski definition) is 0. The third kappa shape index (κ3) is 3.32. The first-order valence-electron chi connectivity index (χ1n) is 9.77. The Balaban J connectivity index is 1.56. The first-order valence-corrected chi connectivity index (χ1v) is 10.7. The predicted octanol–water partition coefficient (Wildman–Crippen LogP) is 3.19. The summed E-state index contributed by atoms with van der Waals surface area (Å²) < 4.78 is 2.06. The minimum Gasteiger partial charge on any atom is -0.337 e. The Morgan fingerprint density at radius 3 is 2.88 bits per heavy atom. The van der Waals surface area contributed by atoms with Crippen LogP contribution in [-0.2, 0) is 25.9 Å². The van der Waals surface area contributed by atoms with Crippen LogP contribution in [0.1, 0.15) is 52.8 Å². The number of likely N-dealkylation sites (tertiary alicyclic amines) is 1. The number of fused-ring (bicyclic) bond motifs is 1. The van der Waals surface area contributed by atoms with Crippen LogP contribution in [0.25, 0.3) is 0 Å². The molecule has 0 N–H and O–H groups in total. The van der Waals surface area contributed by atoms with Gasteiger partial charge in [-0.25, -0.2) is 0 Å². The van der Waals surface area contributed by atoms with E-state index in [1.165, 1.54) is 16.1 Å². The van der Waals surface area contributed by atoms with Crippen LogP contribution in [0.3, 0.4) is 0 Å². The number of rotatable bonds is 5. The van der Waals surface area contributed by atoms with Crippen molar-refractivity contribution in [3.8, 4) is 0 Å². The lowest BCUT2D eigenvalue weighted by atomic mass is 9.90. The molecule has 2 aromatic rings. The zero-order chi connectivity index (χ0) is 18.1. The van der Waals surface area contributed by atoms with Crippen molar-refractivity contribution in [3.05, 3.63) is 39.3 Å². The fourth-order valence-corrected chi connectivity index (χ4v) is 5.09. The van der Waals surface area contributed by atoms with Gasteiger partial charge in [-0.2, -0.15) is 5.10 Å². The summed E-state index contributed by atoms with van der Waals surface area (Å²) in [6.45, 7) is 5.70. The molecule has 0 aromatic carbocycles. The highest BCUT2D eigenvalue weighted by molar-refractivity contribution is 7.09. The van der Waals surface area contributed by atoms with Gasteiger partial charge in [0.25, 0.3) is 5.91 Å². The van der Waals surface area contributed by atoms with Gasteiger partial charge in [-0.1, -0.05) is 6.07 Å². The van der Waals surface area contributed by atoms with E-state index in [4.69, 9.17) is 5.10 Å². The van der Waals surface area contributed by atoms with Gasteiger partial charge in [0.05, 0.1) is 0 Å². The summed E-state index contributed by atoms with van der Waals surface area (Å²) in [6.07, 6.45) is 5.33. The van der Waals surface area contributed by atoms with Crippen LogP contribution in [0.15, 0.2) is 17.5 Å². The van der Waals surface area contributed by atoms with Gasteiger partial charge in [0, 0.05) is 48.4 Å². The van der Waals surface area contributed by atoms with Crippen LogP contribution in [0.2, 0.25) is 0 Å². The monoisotopic (exact) mass is 372 g/mol. The number of likely N-dealkylation sites (N-methyl/N-ethyl adjacent to an activating group) is 1. The SMILES string of the molecule is CCn1nc(C(=O)N2CCCC2)c2c1CCC(N(C)Cc1cccs1)C2. The van der Waals surface area contributed by atoms with Crippen LogP contribution in [-0.4, -0.2) is 51.7 Å². The highest BCUT2D eigenvalue weighted by Gasteiger charge is 2.32. The number of nitrogens with zero attached hydrogens (tertiary/aromatic N) is 4. The molecule has 26 heavy (non-hydrogen) atoms. The van der Waals surface area contributed by atoms with Crippen molar-refractivity contribution in [1.29, 1.82) is 0 Å². The standard InChI is InChI=1S/C20H28N4OS/c1-3-24-18-9-8-15(22(2)14-16-7-6-12-26-16)13-17(18)19(21-24)20(25)23-10-4-5-11-23/h6-7,12,15H,3-5,8-11,13-14H2,1-2H3. The molecule has 4 rings (SSSR count). The number of carbonyl (C=O) groups excluding carboxylic acids is 1. The molecule has 140 valence electrons. The fourth-order valence-electron chi connectivity index (χ4n) is 4.33. The Morgan fingerprint density at radius 2 is 2.19 bits per heavy atom. The lowest BCUT2D eigenvalue weighted by Crippen LogP contribution is -2.37. The Bertz CT molecular complexity index is 761. The zero-order valence-electron chi connectivity index (χ0n) is 15.8. The highest BCUT2D eigenvalue weighted by Crippen LogP contribution is 2.29. The van der Waals surface area contributed by atoms with Crippen LogP contribution < -0.4 is 0 Å². The van der Waals surface area contributed by atoms with Crippen molar-refractivity contribution in [2.75, 3.05) is 20.1 Å². The van der Waals surface area contributed by atoms with E-state index in [1.807, 2.05) is 16.2 Å². The molecule has 0 radical (unpaired) electrons. The van der Waals surface area contributed by atoms with E-state index in [1.54, 1.807) is 0 Å². The average Bonchev–Trinajstić information content (AvgIpc) is 3.41. The van der Waals surface area contributed by atoms with Gasteiger partial charge in [0.2, 0.25) is 0 Å². The number of carbonyl (C=O) groups is 1. The molecule has 3 heterocycles. The number of aromatic nitrogens is 2. The van der Waals surface area contributed by atoms with E-state index in [-0.39, 0.29) is 5.91 Å². The third-order valence-corrected chi connectivity index (χ3v) is 6.69. The summed E-state index contributed by atoms with van der Waals surface area (Å²) in [5, 5.41) is 6.87. The van der Waals surface area contributed by atoms with Crippen molar-refractivity contribution in [1.82, 2.24) is 19.6 Å². The van der Waals surface area contributed by atoms with Gasteiger partial charge in [-0.05, 0) is 57.5 Å². The van der Waals surface area contributed by atoms with Crippen molar-refractivity contribution in [2.45, 2.75) is 58.2 Å². The molecule has 5 nitrogen and oxygen atoms in total. The van der Waals surface area contributed by atoms with Gasteiger partial charge in [-0.15, -0.1) is 11.3 Å². The lowest BCUT2D eigenvalue weighted by Gasteiger charge is -2.31. The number of amides is 1. The van der Waals surface area contributed by atoms with Crippen molar-refractivity contribution >= 4 is 17.2 Å². The normalized spacial score (nSPS) is 20.0.